The Morgan fingerprint density at radius 1 is 1.07 bits per heavy atom. The van der Waals surface area contributed by atoms with Gasteiger partial charge >= 0.3 is 0 Å². The van der Waals surface area contributed by atoms with Crippen molar-refractivity contribution in [3.05, 3.63) is 38.0 Å². The zero-order valence-corrected chi connectivity index (χ0v) is 9.78. The van der Waals surface area contributed by atoms with Crippen LogP contribution in [0.2, 0.25) is 23.7 Å². The quantitative estimate of drug-likeness (QED) is 0.503. The Bertz CT molecular complexity index is 208. The van der Waals surface area contributed by atoms with Crippen LogP contribution < -0.4 is 0 Å². The minimum atomic E-state index is -1.43. The lowest BCUT2D eigenvalue weighted by Crippen LogP contribution is -2.34. The predicted molar refractivity (Wildman–Crippen MR) is 65.1 cm³/mol. The van der Waals surface area contributed by atoms with E-state index in [1.165, 1.54) is 0 Å². The van der Waals surface area contributed by atoms with Gasteiger partial charge in [-0.15, -0.1) is 19.7 Å². The molecule has 2 heteroatoms. The summed E-state index contributed by atoms with van der Waals surface area (Å²) in [7, 11) is -1.43. The second-order valence-corrected chi connectivity index (χ2v) is 8.94. The number of aliphatic hydroxyl groups is 1. The van der Waals surface area contributed by atoms with Crippen LogP contribution in [0.25, 0.3) is 0 Å². The zero-order valence-electron chi connectivity index (χ0n) is 8.78. The van der Waals surface area contributed by atoms with Gasteiger partial charge < -0.3 is 5.11 Å². The fourth-order valence-electron chi connectivity index (χ4n) is 2.41. The highest BCUT2D eigenvalue weighted by molar-refractivity contribution is 6.83. The normalized spacial score (nSPS) is 25.5. The minimum Gasteiger partial charge on any atom is -0.393 e. The summed E-state index contributed by atoms with van der Waals surface area (Å²) in [5.41, 5.74) is 0.552. The molecule has 1 rings (SSSR count). The van der Waals surface area contributed by atoms with Crippen LogP contribution in [0.5, 0.6) is 0 Å². The van der Waals surface area contributed by atoms with Crippen molar-refractivity contribution in [2.75, 3.05) is 0 Å². The molecular formula is C12H20OSi. The molecule has 1 aliphatic rings. The van der Waals surface area contributed by atoms with Crippen LogP contribution in [0.15, 0.2) is 38.0 Å². The van der Waals surface area contributed by atoms with Gasteiger partial charge in [0.2, 0.25) is 0 Å². The monoisotopic (exact) mass is 208 g/mol. The average molecular weight is 208 g/mol. The first-order valence-corrected chi connectivity index (χ1v) is 7.91. The molecule has 0 aromatic heterocycles. The molecule has 0 bridgehead atoms. The van der Waals surface area contributed by atoms with Crippen molar-refractivity contribution in [2.45, 2.75) is 36.2 Å². The molecule has 78 valence electrons. The van der Waals surface area contributed by atoms with Gasteiger partial charge in [-0.1, -0.05) is 18.2 Å². The topological polar surface area (TPSA) is 20.2 Å². The molecule has 0 aliphatic heterocycles. The van der Waals surface area contributed by atoms with Crippen LogP contribution in [-0.4, -0.2) is 19.3 Å². The molecule has 1 fully saturated rings. The maximum atomic E-state index is 9.57. The third-order valence-electron chi connectivity index (χ3n) is 3.20. The highest BCUT2D eigenvalue weighted by Crippen LogP contribution is 2.51. The molecule has 2 atom stereocenters. The van der Waals surface area contributed by atoms with Crippen molar-refractivity contribution in [1.82, 2.24) is 0 Å². The summed E-state index contributed by atoms with van der Waals surface area (Å²) < 4.78 is 0. The van der Waals surface area contributed by atoms with E-state index < -0.39 is 8.07 Å². The van der Waals surface area contributed by atoms with Crippen LogP contribution in [0, 0.1) is 0 Å². The first-order chi connectivity index (χ1) is 6.70. The molecule has 0 aromatic carbocycles. The van der Waals surface area contributed by atoms with Crippen molar-refractivity contribution in [1.29, 1.82) is 0 Å². The van der Waals surface area contributed by atoms with E-state index in [2.05, 4.69) is 19.7 Å². The summed E-state index contributed by atoms with van der Waals surface area (Å²) in [6, 6.07) is 3.23. The summed E-state index contributed by atoms with van der Waals surface area (Å²) in [4.78, 5) is 0. The van der Waals surface area contributed by atoms with Gasteiger partial charge in [0.15, 0.2) is 0 Å². The van der Waals surface area contributed by atoms with E-state index in [-0.39, 0.29) is 6.10 Å². The van der Waals surface area contributed by atoms with Crippen LogP contribution in [0.3, 0.4) is 0 Å². The summed E-state index contributed by atoms with van der Waals surface area (Å²) in [5, 5.41) is 9.57. The summed E-state index contributed by atoms with van der Waals surface area (Å²) >= 11 is 0. The van der Waals surface area contributed by atoms with Crippen molar-refractivity contribution < 1.29 is 5.11 Å². The van der Waals surface area contributed by atoms with Gasteiger partial charge in [-0.2, -0.15) is 0 Å². The van der Waals surface area contributed by atoms with Crippen molar-refractivity contribution in [3.8, 4) is 0 Å². The van der Waals surface area contributed by atoms with Gasteiger partial charge in [-0.05, 0) is 30.1 Å². The van der Waals surface area contributed by atoms with E-state index in [9.17, 15) is 5.11 Å². The Kier molecular flexibility index (Phi) is 3.90. The Morgan fingerprint density at radius 3 is 1.64 bits per heavy atom. The number of hydrogen-bond donors (Lipinski definition) is 1. The van der Waals surface area contributed by atoms with Crippen LogP contribution in [0.1, 0.15) is 6.42 Å². The second-order valence-electron chi connectivity index (χ2n) is 4.25. The predicted octanol–water partition coefficient (Wildman–Crippen LogP) is 3.13. The fourth-order valence-corrected chi connectivity index (χ4v) is 7.10. The van der Waals surface area contributed by atoms with Crippen LogP contribution >= 0.6 is 0 Å². The Morgan fingerprint density at radius 2 is 1.43 bits per heavy atom. The van der Waals surface area contributed by atoms with Crippen molar-refractivity contribution in [2.24, 2.45) is 0 Å². The SMILES string of the molecule is C=CC[Si](CC=C)(CC=C)C1CC1O. The van der Waals surface area contributed by atoms with Gasteiger partial charge in [-0.25, -0.2) is 0 Å². The minimum absolute atomic E-state index is 0.0542. The smallest absolute Gasteiger partial charge is 0.0706 e. The number of allylic oxidation sites excluding steroid dienone is 3. The van der Waals surface area contributed by atoms with E-state index in [0.29, 0.717) is 5.54 Å². The lowest BCUT2D eigenvalue weighted by atomic mass is 10.7. The first-order valence-electron chi connectivity index (χ1n) is 5.21. The summed E-state index contributed by atoms with van der Waals surface area (Å²) in [6.45, 7) is 11.5. The number of aliphatic hydroxyl groups excluding tert-OH is 1. The molecule has 0 saturated heterocycles. The molecule has 2 unspecified atom stereocenters. The molecule has 0 spiro atoms. The molecule has 1 saturated carbocycles. The van der Waals surface area contributed by atoms with Gasteiger partial charge in [-0.3, -0.25) is 0 Å². The van der Waals surface area contributed by atoms with Gasteiger partial charge in [0.05, 0.1) is 14.2 Å². The molecule has 1 N–H and O–H groups in total. The molecule has 1 nitrogen and oxygen atoms in total. The maximum absolute atomic E-state index is 9.57. The van der Waals surface area contributed by atoms with E-state index in [4.69, 9.17) is 0 Å². The van der Waals surface area contributed by atoms with Gasteiger partial charge in [0, 0.05) is 0 Å². The molecule has 0 radical (unpaired) electrons. The van der Waals surface area contributed by atoms with E-state index in [1.807, 2.05) is 18.2 Å². The third kappa shape index (κ3) is 2.25. The van der Waals surface area contributed by atoms with E-state index in [0.717, 1.165) is 24.6 Å². The molecular weight excluding hydrogens is 188 g/mol. The first kappa shape index (κ1) is 11.5. The lowest BCUT2D eigenvalue weighted by molar-refractivity contribution is 0.277. The number of hydrogen-bond acceptors (Lipinski definition) is 1. The Balaban J connectivity index is 2.76. The van der Waals surface area contributed by atoms with Gasteiger partial charge in [0.1, 0.15) is 0 Å². The summed E-state index contributed by atoms with van der Waals surface area (Å²) in [6.07, 6.45) is 6.95. The third-order valence-corrected chi connectivity index (χ3v) is 8.69. The molecule has 1 aliphatic carbocycles. The molecule has 0 amide bonds. The highest BCUT2D eigenvalue weighted by Gasteiger charge is 2.51. The standard InChI is InChI=1S/C12H20OSi/c1-4-7-14(8-5-2,9-6-3)12-10-11(12)13/h4-6,11-13H,1-3,7-10H2. The molecule has 0 heterocycles. The van der Waals surface area contributed by atoms with Crippen molar-refractivity contribution >= 4 is 8.07 Å². The maximum Gasteiger partial charge on any atom is 0.0706 e. The number of rotatable bonds is 7. The lowest BCUT2D eigenvalue weighted by Gasteiger charge is -2.28. The largest absolute Gasteiger partial charge is 0.393 e. The Hall–Kier alpha value is -0.603. The molecule has 14 heavy (non-hydrogen) atoms. The van der Waals surface area contributed by atoms with Crippen molar-refractivity contribution in [3.63, 3.8) is 0 Å². The van der Waals surface area contributed by atoms with Crippen LogP contribution in [0.4, 0.5) is 0 Å². The molecule has 0 aromatic rings. The average Bonchev–Trinajstić information content (AvgIpc) is 2.84. The second kappa shape index (κ2) is 4.76. The van der Waals surface area contributed by atoms with Gasteiger partial charge in [0.25, 0.3) is 0 Å². The zero-order chi connectivity index (χ0) is 10.6. The summed E-state index contributed by atoms with van der Waals surface area (Å²) in [5.74, 6) is 0. The Labute approximate surface area is 87.9 Å². The van der Waals surface area contributed by atoms with Crippen LogP contribution in [-0.2, 0) is 0 Å². The van der Waals surface area contributed by atoms with E-state index in [1.54, 1.807) is 0 Å². The highest BCUT2D eigenvalue weighted by atomic mass is 28.3. The van der Waals surface area contributed by atoms with E-state index >= 15 is 0 Å². The fraction of sp³-hybridized carbons (Fsp3) is 0.500.